The molecule has 0 bridgehead atoms. The molecule has 0 spiro atoms. The van der Waals surface area contributed by atoms with Crippen LogP contribution in [0.1, 0.15) is 16.7 Å². The Morgan fingerprint density at radius 1 is 0.950 bits per heavy atom. The van der Waals surface area contributed by atoms with Gasteiger partial charge in [-0.2, -0.15) is 5.26 Å². The molecule has 1 aromatic heterocycles. The molecule has 1 heterocycles. The Balaban J connectivity index is 2.10. The second-order valence-corrected chi connectivity index (χ2v) is 5.12. The Kier molecular flexibility index (Phi) is 2.34. The van der Waals surface area contributed by atoms with Gasteiger partial charge in [0.05, 0.1) is 11.3 Å². The molecule has 0 N–H and O–H groups in total. The minimum atomic E-state index is 0.631. The molecular formula is C18H12N2. The Bertz CT molecular complexity index is 862. The molecule has 94 valence electrons. The summed E-state index contributed by atoms with van der Waals surface area (Å²) in [5.41, 5.74) is 5.30. The van der Waals surface area contributed by atoms with E-state index < -0.39 is 0 Å². The third-order valence-electron chi connectivity index (χ3n) is 4.06. The maximum absolute atomic E-state index is 9.28. The fourth-order valence-electron chi connectivity index (χ4n) is 3.16. The van der Waals surface area contributed by atoms with Crippen LogP contribution < -0.4 is 0 Å². The van der Waals surface area contributed by atoms with Gasteiger partial charge in [0.1, 0.15) is 6.07 Å². The average molecular weight is 256 g/mol. The van der Waals surface area contributed by atoms with E-state index in [2.05, 4.69) is 41.4 Å². The van der Waals surface area contributed by atoms with E-state index >= 15 is 0 Å². The molecule has 0 unspecified atom stereocenters. The first-order valence-corrected chi connectivity index (χ1v) is 6.77. The van der Waals surface area contributed by atoms with Crippen LogP contribution in [-0.4, -0.2) is 4.98 Å². The molecule has 4 rings (SSSR count). The summed E-state index contributed by atoms with van der Waals surface area (Å²) in [4.78, 5) is 4.43. The van der Waals surface area contributed by atoms with E-state index in [0.717, 1.165) is 24.1 Å². The maximum atomic E-state index is 9.28. The molecule has 0 fully saturated rings. The monoisotopic (exact) mass is 256 g/mol. The molecule has 0 amide bonds. The lowest BCUT2D eigenvalue weighted by Crippen LogP contribution is -1.91. The largest absolute Gasteiger partial charge is 0.255 e. The highest BCUT2D eigenvalue weighted by atomic mass is 14.7. The average Bonchev–Trinajstić information content (AvgIpc) is 2.93. The van der Waals surface area contributed by atoms with Gasteiger partial charge < -0.3 is 0 Å². The number of aryl methyl sites for hydroxylation is 2. The van der Waals surface area contributed by atoms with Crippen LogP contribution in [0.15, 0.2) is 48.7 Å². The van der Waals surface area contributed by atoms with Crippen LogP contribution in [0.5, 0.6) is 0 Å². The minimum Gasteiger partial charge on any atom is -0.255 e. The van der Waals surface area contributed by atoms with Crippen molar-refractivity contribution in [3.63, 3.8) is 0 Å². The lowest BCUT2D eigenvalue weighted by atomic mass is 9.96. The lowest BCUT2D eigenvalue weighted by molar-refractivity contribution is 1.02. The summed E-state index contributed by atoms with van der Waals surface area (Å²) in [6, 6.07) is 16.6. The quantitative estimate of drug-likeness (QED) is 0.662. The number of benzene rings is 2. The maximum Gasteiger partial charge on any atom is 0.101 e. The number of nitrogens with zero attached hydrogens (tertiary/aromatic N) is 2. The normalized spacial score (nSPS) is 12.6. The summed E-state index contributed by atoms with van der Waals surface area (Å²) < 4.78 is 0. The number of rotatable bonds is 1. The molecule has 20 heavy (non-hydrogen) atoms. The van der Waals surface area contributed by atoms with Crippen molar-refractivity contribution in [2.45, 2.75) is 12.8 Å². The van der Waals surface area contributed by atoms with Gasteiger partial charge in [-0.05, 0) is 46.9 Å². The summed E-state index contributed by atoms with van der Waals surface area (Å²) in [6.07, 6.45) is 3.98. The molecule has 0 aliphatic heterocycles. The van der Waals surface area contributed by atoms with Crippen molar-refractivity contribution in [2.75, 3.05) is 0 Å². The molecule has 3 aromatic rings. The highest BCUT2D eigenvalue weighted by Crippen LogP contribution is 2.37. The molecule has 0 saturated carbocycles. The SMILES string of the molecule is N#Cc1cccnc1-c1ccc2c3c(cccc13)CC2. The van der Waals surface area contributed by atoms with Crippen LogP contribution in [0.3, 0.4) is 0 Å². The van der Waals surface area contributed by atoms with E-state index in [1.54, 1.807) is 6.20 Å². The van der Waals surface area contributed by atoms with E-state index in [1.165, 1.54) is 21.9 Å². The summed E-state index contributed by atoms with van der Waals surface area (Å²) in [7, 11) is 0. The van der Waals surface area contributed by atoms with Gasteiger partial charge in [-0.3, -0.25) is 4.98 Å². The number of aromatic nitrogens is 1. The van der Waals surface area contributed by atoms with E-state index in [1.807, 2.05) is 12.1 Å². The number of nitriles is 1. The first-order valence-electron chi connectivity index (χ1n) is 6.77. The molecule has 1 aliphatic carbocycles. The van der Waals surface area contributed by atoms with Crippen LogP contribution in [0, 0.1) is 11.3 Å². The summed E-state index contributed by atoms with van der Waals surface area (Å²) >= 11 is 0. The van der Waals surface area contributed by atoms with Gasteiger partial charge in [0.15, 0.2) is 0 Å². The third-order valence-corrected chi connectivity index (χ3v) is 4.06. The smallest absolute Gasteiger partial charge is 0.101 e. The molecule has 1 aliphatic rings. The molecule has 0 saturated heterocycles. The highest BCUT2D eigenvalue weighted by molar-refractivity contribution is 6.01. The van der Waals surface area contributed by atoms with Crippen molar-refractivity contribution < 1.29 is 0 Å². The van der Waals surface area contributed by atoms with Crippen molar-refractivity contribution >= 4 is 10.8 Å². The summed E-state index contributed by atoms with van der Waals surface area (Å²) in [6.45, 7) is 0. The van der Waals surface area contributed by atoms with Crippen molar-refractivity contribution in [1.29, 1.82) is 5.26 Å². The topological polar surface area (TPSA) is 36.7 Å². The van der Waals surface area contributed by atoms with E-state index in [4.69, 9.17) is 0 Å². The Morgan fingerprint density at radius 2 is 1.80 bits per heavy atom. The van der Waals surface area contributed by atoms with E-state index in [9.17, 15) is 5.26 Å². The van der Waals surface area contributed by atoms with Crippen LogP contribution in [0.25, 0.3) is 22.0 Å². The predicted molar refractivity (Wildman–Crippen MR) is 79.3 cm³/mol. The zero-order valence-corrected chi connectivity index (χ0v) is 10.9. The minimum absolute atomic E-state index is 0.631. The van der Waals surface area contributed by atoms with Crippen molar-refractivity contribution in [3.05, 3.63) is 65.4 Å². The zero-order chi connectivity index (χ0) is 13.5. The second-order valence-electron chi connectivity index (χ2n) is 5.12. The summed E-state index contributed by atoms with van der Waals surface area (Å²) in [5, 5.41) is 11.9. The van der Waals surface area contributed by atoms with Gasteiger partial charge in [-0.1, -0.05) is 30.3 Å². The van der Waals surface area contributed by atoms with Crippen molar-refractivity contribution in [3.8, 4) is 17.3 Å². The van der Waals surface area contributed by atoms with Crippen LogP contribution in [0.4, 0.5) is 0 Å². The molecule has 2 nitrogen and oxygen atoms in total. The number of hydrogen-bond donors (Lipinski definition) is 0. The van der Waals surface area contributed by atoms with Gasteiger partial charge in [0.2, 0.25) is 0 Å². The van der Waals surface area contributed by atoms with Gasteiger partial charge in [0, 0.05) is 11.8 Å². The highest BCUT2D eigenvalue weighted by Gasteiger charge is 2.17. The Hall–Kier alpha value is -2.66. The number of pyridine rings is 1. The lowest BCUT2D eigenvalue weighted by Gasteiger charge is -2.09. The first-order chi connectivity index (χ1) is 9.88. The molecular weight excluding hydrogens is 244 g/mol. The molecule has 2 aromatic carbocycles. The summed E-state index contributed by atoms with van der Waals surface area (Å²) in [5.74, 6) is 0. The first kappa shape index (κ1) is 11.2. The Labute approximate surface area is 117 Å². The van der Waals surface area contributed by atoms with Gasteiger partial charge in [-0.15, -0.1) is 0 Å². The van der Waals surface area contributed by atoms with Crippen molar-refractivity contribution in [1.82, 2.24) is 4.98 Å². The second kappa shape index (κ2) is 4.18. The fourth-order valence-corrected chi connectivity index (χ4v) is 3.16. The van der Waals surface area contributed by atoms with Crippen LogP contribution in [-0.2, 0) is 12.8 Å². The molecule has 2 heteroatoms. The van der Waals surface area contributed by atoms with Gasteiger partial charge in [-0.25, -0.2) is 0 Å². The van der Waals surface area contributed by atoms with Gasteiger partial charge in [0.25, 0.3) is 0 Å². The van der Waals surface area contributed by atoms with Crippen molar-refractivity contribution in [2.24, 2.45) is 0 Å². The van der Waals surface area contributed by atoms with E-state index in [0.29, 0.717) is 5.56 Å². The van der Waals surface area contributed by atoms with Crippen LogP contribution in [0.2, 0.25) is 0 Å². The number of hydrogen-bond acceptors (Lipinski definition) is 2. The van der Waals surface area contributed by atoms with Crippen LogP contribution >= 0.6 is 0 Å². The third kappa shape index (κ3) is 1.47. The Morgan fingerprint density at radius 3 is 2.65 bits per heavy atom. The van der Waals surface area contributed by atoms with Gasteiger partial charge >= 0.3 is 0 Å². The molecule has 0 atom stereocenters. The fraction of sp³-hybridized carbons (Fsp3) is 0.111. The standard InChI is InChI=1S/C18H12N2/c19-11-14-4-2-10-20-18(14)16-9-8-13-7-6-12-3-1-5-15(16)17(12)13/h1-5,8-10H,6-7H2. The van der Waals surface area contributed by atoms with E-state index in [-0.39, 0.29) is 0 Å². The predicted octanol–water partition coefficient (Wildman–Crippen LogP) is 3.87. The molecule has 0 radical (unpaired) electrons. The zero-order valence-electron chi connectivity index (χ0n) is 10.9.